The molecule has 2 heterocycles. The van der Waals surface area contributed by atoms with Crippen molar-refractivity contribution in [2.45, 2.75) is 26.3 Å². The van der Waals surface area contributed by atoms with Crippen LogP contribution in [0.5, 0.6) is 11.5 Å². The van der Waals surface area contributed by atoms with Crippen LogP contribution >= 0.6 is 12.2 Å². The van der Waals surface area contributed by atoms with E-state index in [1.807, 2.05) is 54.3 Å². The third-order valence-corrected chi connectivity index (χ3v) is 5.10. The zero-order valence-corrected chi connectivity index (χ0v) is 16.9. The maximum absolute atomic E-state index is 12.0. The Labute approximate surface area is 174 Å². The van der Waals surface area contributed by atoms with Gasteiger partial charge in [0.1, 0.15) is 0 Å². The fourth-order valence-corrected chi connectivity index (χ4v) is 3.41. The van der Waals surface area contributed by atoms with E-state index in [4.69, 9.17) is 21.7 Å². The van der Waals surface area contributed by atoms with E-state index in [0.717, 1.165) is 47.0 Å². The van der Waals surface area contributed by atoms with E-state index in [1.54, 1.807) is 0 Å². The number of nitrogens with zero attached hydrogens (tertiary/aromatic N) is 2. The van der Waals surface area contributed by atoms with Crippen molar-refractivity contribution in [3.8, 4) is 11.5 Å². The van der Waals surface area contributed by atoms with Gasteiger partial charge in [0, 0.05) is 25.2 Å². The minimum atomic E-state index is 0.170. The van der Waals surface area contributed by atoms with Gasteiger partial charge in [0.25, 0.3) is 0 Å². The van der Waals surface area contributed by atoms with Gasteiger partial charge in [0.05, 0.1) is 5.71 Å². The van der Waals surface area contributed by atoms with Gasteiger partial charge < -0.3 is 19.7 Å². The summed E-state index contributed by atoms with van der Waals surface area (Å²) >= 11 is 5.31. The van der Waals surface area contributed by atoms with Crippen LogP contribution in [0.3, 0.4) is 0 Å². The second kappa shape index (κ2) is 8.48. The molecule has 0 spiro atoms. The largest absolute Gasteiger partial charge is 0.454 e. The van der Waals surface area contributed by atoms with Crippen molar-refractivity contribution in [1.82, 2.24) is 10.7 Å². The van der Waals surface area contributed by atoms with Crippen molar-refractivity contribution in [1.29, 1.82) is 0 Å². The molecule has 7 nitrogen and oxygen atoms in total. The number of benzene rings is 2. The van der Waals surface area contributed by atoms with Crippen molar-refractivity contribution < 1.29 is 14.3 Å². The first-order valence-electron chi connectivity index (χ1n) is 9.47. The van der Waals surface area contributed by atoms with Crippen LogP contribution in [0, 0.1) is 0 Å². The van der Waals surface area contributed by atoms with Crippen LogP contribution in [-0.2, 0) is 11.3 Å². The van der Waals surface area contributed by atoms with Crippen LogP contribution in [-0.4, -0.2) is 30.1 Å². The highest BCUT2D eigenvalue weighted by atomic mass is 32.1. The normalized spacial score (nSPS) is 15.6. The quantitative estimate of drug-likeness (QED) is 0.449. The van der Waals surface area contributed by atoms with Gasteiger partial charge in [-0.1, -0.05) is 18.2 Å². The number of hydrogen-bond donors (Lipinski definition) is 2. The molecule has 2 aliphatic heterocycles. The van der Waals surface area contributed by atoms with Crippen LogP contribution < -0.4 is 25.1 Å². The molecule has 2 aliphatic rings. The summed E-state index contributed by atoms with van der Waals surface area (Å²) in [6, 6.07) is 13.6. The van der Waals surface area contributed by atoms with Crippen molar-refractivity contribution in [2.24, 2.45) is 5.10 Å². The van der Waals surface area contributed by atoms with Crippen LogP contribution in [0.25, 0.3) is 0 Å². The van der Waals surface area contributed by atoms with Crippen LogP contribution in [0.15, 0.2) is 47.6 Å². The summed E-state index contributed by atoms with van der Waals surface area (Å²) in [6.07, 6.45) is 1.52. The molecule has 4 rings (SSSR count). The molecule has 29 heavy (non-hydrogen) atoms. The van der Waals surface area contributed by atoms with Crippen LogP contribution in [0.2, 0.25) is 0 Å². The third kappa shape index (κ3) is 4.48. The molecule has 0 radical (unpaired) electrons. The maximum atomic E-state index is 12.0. The van der Waals surface area contributed by atoms with Gasteiger partial charge in [-0.3, -0.25) is 10.2 Å². The number of nitrogens with one attached hydrogen (secondary N) is 2. The molecule has 0 aromatic heterocycles. The molecule has 150 valence electrons. The van der Waals surface area contributed by atoms with E-state index >= 15 is 0 Å². The Kier molecular flexibility index (Phi) is 5.62. The Hall–Kier alpha value is -3.13. The molecule has 1 amide bonds. The van der Waals surface area contributed by atoms with Gasteiger partial charge in [-0.05, 0) is 61.0 Å². The summed E-state index contributed by atoms with van der Waals surface area (Å²) in [5.74, 6) is 1.67. The lowest BCUT2D eigenvalue weighted by atomic mass is 10.1. The number of carbonyl (C=O) groups excluding carboxylic acids is 1. The number of hydrazone groups is 1. The lowest BCUT2D eigenvalue weighted by Gasteiger charge is -2.16. The SMILES string of the molecule is C/C(=N/NC(=S)NCc1ccc2c(c1)OCO2)c1cccc(N2CCCC2=O)c1. The Balaban J connectivity index is 1.33. The zero-order chi connectivity index (χ0) is 20.2. The third-order valence-electron chi connectivity index (χ3n) is 4.86. The topological polar surface area (TPSA) is 75.2 Å². The number of hydrogen-bond acceptors (Lipinski definition) is 5. The molecule has 1 fully saturated rings. The number of ether oxygens (including phenoxy) is 2. The first-order chi connectivity index (χ1) is 14.1. The maximum Gasteiger partial charge on any atom is 0.231 e. The predicted molar refractivity (Wildman–Crippen MR) is 115 cm³/mol. The fourth-order valence-electron chi connectivity index (χ4n) is 3.29. The monoisotopic (exact) mass is 410 g/mol. The Morgan fingerprint density at radius 3 is 2.90 bits per heavy atom. The number of anilines is 1. The van der Waals surface area contributed by atoms with Gasteiger partial charge in [-0.2, -0.15) is 5.10 Å². The van der Waals surface area contributed by atoms with E-state index in [1.165, 1.54) is 0 Å². The minimum absolute atomic E-state index is 0.170. The number of carbonyl (C=O) groups is 1. The second-order valence-corrected chi connectivity index (χ2v) is 7.29. The summed E-state index contributed by atoms with van der Waals surface area (Å²) < 4.78 is 10.7. The van der Waals surface area contributed by atoms with Crippen molar-refractivity contribution in [3.63, 3.8) is 0 Å². The van der Waals surface area contributed by atoms with Crippen LogP contribution in [0.1, 0.15) is 30.9 Å². The van der Waals surface area contributed by atoms with Gasteiger partial charge in [0.2, 0.25) is 12.7 Å². The van der Waals surface area contributed by atoms with Gasteiger partial charge in [0.15, 0.2) is 16.6 Å². The highest BCUT2D eigenvalue weighted by Gasteiger charge is 2.21. The molecule has 0 atom stereocenters. The number of fused-ring (bicyclic) bond motifs is 1. The van der Waals surface area contributed by atoms with Crippen LogP contribution in [0.4, 0.5) is 5.69 Å². The van der Waals surface area contributed by atoms with Gasteiger partial charge >= 0.3 is 0 Å². The lowest BCUT2D eigenvalue weighted by molar-refractivity contribution is -0.117. The molecule has 8 heteroatoms. The van der Waals surface area contributed by atoms with E-state index in [9.17, 15) is 4.79 Å². The molecule has 2 N–H and O–H groups in total. The lowest BCUT2D eigenvalue weighted by Crippen LogP contribution is -2.32. The second-order valence-electron chi connectivity index (χ2n) is 6.88. The zero-order valence-electron chi connectivity index (χ0n) is 16.1. The molecule has 2 aromatic carbocycles. The molecule has 2 aromatic rings. The molecular formula is C21H22N4O3S. The highest BCUT2D eigenvalue weighted by molar-refractivity contribution is 7.80. The van der Waals surface area contributed by atoms with E-state index in [2.05, 4.69) is 15.8 Å². The Morgan fingerprint density at radius 1 is 1.21 bits per heavy atom. The summed E-state index contributed by atoms with van der Waals surface area (Å²) in [7, 11) is 0. The fraction of sp³-hybridized carbons (Fsp3) is 0.286. The summed E-state index contributed by atoms with van der Waals surface area (Å²) in [6.45, 7) is 3.47. The Bertz CT molecular complexity index is 976. The average Bonchev–Trinajstić information content (AvgIpc) is 3.38. The smallest absolute Gasteiger partial charge is 0.231 e. The summed E-state index contributed by atoms with van der Waals surface area (Å²) in [5.41, 5.74) is 6.53. The average molecular weight is 410 g/mol. The van der Waals surface area contributed by atoms with Crippen molar-refractivity contribution in [2.75, 3.05) is 18.2 Å². The van der Waals surface area contributed by atoms with Crippen molar-refractivity contribution in [3.05, 3.63) is 53.6 Å². The molecule has 0 bridgehead atoms. The Morgan fingerprint density at radius 2 is 2.07 bits per heavy atom. The number of rotatable bonds is 5. The van der Waals surface area contributed by atoms with E-state index in [0.29, 0.717) is 18.1 Å². The van der Waals surface area contributed by atoms with E-state index < -0.39 is 0 Å². The molecule has 0 unspecified atom stereocenters. The first-order valence-corrected chi connectivity index (χ1v) is 9.88. The molecule has 0 aliphatic carbocycles. The molecule has 0 saturated carbocycles. The van der Waals surface area contributed by atoms with Gasteiger partial charge in [-0.25, -0.2) is 0 Å². The molecular weight excluding hydrogens is 388 g/mol. The minimum Gasteiger partial charge on any atom is -0.454 e. The summed E-state index contributed by atoms with van der Waals surface area (Å²) in [5, 5.41) is 7.91. The van der Waals surface area contributed by atoms with Gasteiger partial charge in [-0.15, -0.1) is 0 Å². The summed E-state index contributed by atoms with van der Waals surface area (Å²) in [4.78, 5) is 13.8. The predicted octanol–water partition coefficient (Wildman–Crippen LogP) is 2.93. The first kappa shape index (κ1) is 19.2. The number of amides is 1. The van der Waals surface area contributed by atoms with Crippen molar-refractivity contribution >= 4 is 34.6 Å². The number of thiocarbonyl (C=S) groups is 1. The standard InChI is InChI=1S/C21H22N4O3S/c1-14(16-4-2-5-17(11-16)25-9-3-6-20(25)26)23-24-21(29)22-12-15-7-8-18-19(10-15)28-13-27-18/h2,4-5,7-8,10-11H,3,6,9,12-13H2,1H3,(H2,22,24,29)/b23-14-. The molecule has 1 saturated heterocycles. The van der Waals surface area contributed by atoms with E-state index in [-0.39, 0.29) is 12.7 Å². The highest BCUT2D eigenvalue weighted by Crippen LogP contribution is 2.32.